The van der Waals surface area contributed by atoms with Gasteiger partial charge in [0, 0.05) is 24.3 Å². The van der Waals surface area contributed by atoms with Gasteiger partial charge in [-0.05, 0) is 54.8 Å². The minimum Gasteiger partial charge on any atom is -0.493 e. The number of hydrogen-bond acceptors (Lipinski definition) is 4. The first kappa shape index (κ1) is 22.4. The van der Waals surface area contributed by atoms with Crippen molar-refractivity contribution in [3.63, 3.8) is 0 Å². The van der Waals surface area contributed by atoms with Gasteiger partial charge in [0.1, 0.15) is 5.75 Å². The number of anilines is 1. The van der Waals surface area contributed by atoms with Crippen LogP contribution >= 0.6 is 15.9 Å². The van der Waals surface area contributed by atoms with Gasteiger partial charge in [0.2, 0.25) is 10.0 Å². The molecule has 0 saturated heterocycles. The van der Waals surface area contributed by atoms with Crippen molar-refractivity contribution < 1.29 is 17.9 Å². The van der Waals surface area contributed by atoms with Crippen molar-refractivity contribution >= 4 is 37.5 Å². The predicted octanol–water partition coefficient (Wildman–Crippen LogP) is 4.38. The Morgan fingerprint density at radius 1 is 1.14 bits per heavy atom. The van der Waals surface area contributed by atoms with Crippen molar-refractivity contribution in [2.24, 2.45) is 5.92 Å². The zero-order valence-electron chi connectivity index (χ0n) is 16.4. The van der Waals surface area contributed by atoms with Crippen LogP contribution in [0.4, 0.5) is 5.69 Å². The number of benzene rings is 2. The summed E-state index contributed by atoms with van der Waals surface area (Å²) in [5, 5.41) is 2.78. The van der Waals surface area contributed by atoms with E-state index in [2.05, 4.69) is 35.1 Å². The van der Waals surface area contributed by atoms with Crippen LogP contribution in [0.5, 0.6) is 5.75 Å². The third-order valence-corrected chi connectivity index (χ3v) is 6.35. The van der Waals surface area contributed by atoms with Gasteiger partial charge >= 0.3 is 0 Å². The van der Waals surface area contributed by atoms with Crippen LogP contribution in [-0.2, 0) is 10.0 Å². The van der Waals surface area contributed by atoms with E-state index in [0.29, 0.717) is 29.5 Å². The monoisotopic (exact) mass is 468 g/mol. The molecule has 0 aromatic heterocycles. The average molecular weight is 469 g/mol. The quantitative estimate of drug-likeness (QED) is 0.623. The summed E-state index contributed by atoms with van der Waals surface area (Å²) < 4.78 is 32.0. The largest absolute Gasteiger partial charge is 0.493 e. The molecule has 152 valence electrons. The Morgan fingerprint density at radius 3 is 2.36 bits per heavy atom. The number of ether oxygens (including phenoxy) is 1. The van der Waals surface area contributed by atoms with E-state index in [-0.39, 0.29) is 10.8 Å². The van der Waals surface area contributed by atoms with Crippen molar-refractivity contribution in [1.29, 1.82) is 0 Å². The van der Waals surface area contributed by atoms with Crippen molar-refractivity contribution in [3.8, 4) is 5.75 Å². The Hall–Kier alpha value is -1.90. The number of amides is 1. The molecule has 0 saturated carbocycles. The molecule has 2 aromatic rings. The second-order valence-corrected chi connectivity index (χ2v) is 10.0. The first-order valence-electron chi connectivity index (χ1n) is 8.87. The minimum absolute atomic E-state index is 0.163. The molecule has 0 aliphatic carbocycles. The van der Waals surface area contributed by atoms with Crippen molar-refractivity contribution in [3.05, 3.63) is 52.5 Å². The molecule has 0 aliphatic heterocycles. The van der Waals surface area contributed by atoms with Crippen LogP contribution in [0, 0.1) is 5.92 Å². The Balaban J connectivity index is 2.17. The van der Waals surface area contributed by atoms with E-state index in [1.807, 2.05) is 6.07 Å². The highest BCUT2D eigenvalue weighted by atomic mass is 79.9. The molecular weight excluding hydrogens is 444 g/mol. The standard InChI is InChI=1S/C20H25BrN2O4S/c1-14(2)11-12-27-19-10-5-15(21)13-18(19)20(24)22-16-6-8-17(9-7-16)28(25,26)23(3)4/h5-10,13-14H,11-12H2,1-4H3,(H,22,24). The van der Waals surface area contributed by atoms with Gasteiger partial charge in [-0.25, -0.2) is 12.7 Å². The van der Waals surface area contributed by atoms with Crippen LogP contribution in [-0.4, -0.2) is 39.3 Å². The molecule has 0 spiro atoms. The lowest BCUT2D eigenvalue weighted by Crippen LogP contribution is -2.22. The lowest BCUT2D eigenvalue weighted by molar-refractivity contribution is 0.102. The fourth-order valence-corrected chi connectivity index (χ4v) is 3.59. The van der Waals surface area contributed by atoms with Crippen LogP contribution in [0.15, 0.2) is 51.8 Å². The van der Waals surface area contributed by atoms with Gasteiger partial charge in [-0.3, -0.25) is 4.79 Å². The maximum Gasteiger partial charge on any atom is 0.259 e. The third kappa shape index (κ3) is 5.80. The molecule has 0 atom stereocenters. The van der Waals surface area contributed by atoms with Gasteiger partial charge in [-0.2, -0.15) is 0 Å². The molecule has 28 heavy (non-hydrogen) atoms. The van der Waals surface area contributed by atoms with Crippen LogP contribution in [0.3, 0.4) is 0 Å². The van der Waals surface area contributed by atoms with E-state index < -0.39 is 10.0 Å². The second kappa shape index (κ2) is 9.54. The van der Waals surface area contributed by atoms with Gasteiger partial charge in [0.15, 0.2) is 0 Å². The summed E-state index contributed by atoms with van der Waals surface area (Å²) in [6.45, 7) is 4.74. The molecule has 0 bridgehead atoms. The second-order valence-electron chi connectivity index (χ2n) is 6.94. The van der Waals surface area contributed by atoms with E-state index in [1.54, 1.807) is 24.3 Å². The normalized spacial score (nSPS) is 11.7. The Kier molecular flexibility index (Phi) is 7.63. The third-order valence-electron chi connectivity index (χ3n) is 4.03. The highest BCUT2D eigenvalue weighted by Gasteiger charge is 2.18. The molecule has 6 nitrogen and oxygen atoms in total. The molecule has 0 unspecified atom stereocenters. The van der Waals surface area contributed by atoms with Crippen LogP contribution in [0.25, 0.3) is 0 Å². The van der Waals surface area contributed by atoms with E-state index in [1.165, 1.54) is 26.2 Å². The molecule has 0 radical (unpaired) electrons. The van der Waals surface area contributed by atoms with Gasteiger partial charge in [0.05, 0.1) is 17.1 Å². The van der Waals surface area contributed by atoms with Gasteiger partial charge < -0.3 is 10.1 Å². The van der Waals surface area contributed by atoms with E-state index >= 15 is 0 Å². The summed E-state index contributed by atoms with van der Waals surface area (Å²) in [5.74, 6) is 0.682. The number of carbonyl (C=O) groups is 1. The first-order chi connectivity index (χ1) is 13.1. The van der Waals surface area contributed by atoms with E-state index in [9.17, 15) is 13.2 Å². The Bertz CT molecular complexity index is 926. The molecule has 2 aromatic carbocycles. The zero-order chi connectivity index (χ0) is 20.9. The van der Waals surface area contributed by atoms with Crippen LogP contribution in [0.2, 0.25) is 0 Å². The van der Waals surface area contributed by atoms with Crippen LogP contribution < -0.4 is 10.1 Å². The SMILES string of the molecule is CC(C)CCOc1ccc(Br)cc1C(=O)Nc1ccc(S(=O)(=O)N(C)C)cc1. The molecular formula is C20H25BrN2O4S. The van der Waals surface area contributed by atoms with E-state index in [0.717, 1.165) is 15.2 Å². The maximum absolute atomic E-state index is 12.7. The summed E-state index contributed by atoms with van der Waals surface area (Å²) in [6.07, 6.45) is 0.888. The summed E-state index contributed by atoms with van der Waals surface area (Å²) in [5.41, 5.74) is 0.902. The lowest BCUT2D eigenvalue weighted by atomic mass is 10.1. The number of rotatable bonds is 8. The van der Waals surface area contributed by atoms with Crippen molar-refractivity contribution in [1.82, 2.24) is 4.31 Å². The number of sulfonamides is 1. The minimum atomic E-state index is -3.51. The molecule has 0 heterocycles. The summed E-state index contributed by atoms with van der Waals surface area (Å²) in [4.78, 5) is 12.9. The zero-order valence-corrected chi connectivity index (χ0v) is 18.8. The van der Waals surface area contributed by atoms with Crippen molar-refractivity contribution in [2.75, 3.05) is 26.0 Å². The lowest BCUT2D eigenvalue weighted by Gasteiger charge is -2.14. The van der Waals surface area contributed by atoms with Gasteiger partial charge in [-0.1, -0.05) is 29.8 Å². The topological polar surface area (TPSA) is 75.7 Å². The van der Waals surface area contributed by atoms with Gasteiger partial charge in [0.25, 0.3) is 5.91 Å². The number of nitrogens with one attached hydrogen (secondary N) is 1. The number of carbonyl (C=O) groups excluding carboxylic acids is 1. The molecule has 0 aliphatic rings. The molecule has 1 amide bonds. The number of nitrogens with zero attached hydrogens (tertiary/aromatic N) is 1. The van der Waals surface area contributed by atoms with E-state index in [4.69, 9.17) is 4.74 Å². The molecule has 8 heteroatoms. The number of hydrogen-bond donors (Lipinski definition) is 1. The van der Waals surface area contributed by atoms with Crippen molar-refractivity contribution in [2.45, 2.75) is 25.2 Å². The summed E-state index contributed by atoms with van der Waals surface area (Å²) in [6, 6.07) is 11.3. The smallest absolute Gasteiger partial charge is 0.259 e. The highest BCUT2D eigenvalue weighted by Crippen LogP contribution is 2.25. The van der Waals surface area contributed by atoms with Gasteiger partial charge in [-0.15, -0.1) is 0 Å². The maximum atomic E-state index is 12.7. The Labute approximate surface area is 175 Å². The molecule has 1 N–H and O–H groups in total. The molecule has 0 fully saturated rings. The summed E-state index contributed by atoms with van der Waals surface area (Å²) in [7, 11) is -0.567. The highest BCUT2D eigenvalue weighted by molar-refractivity contribution is 9.10. The summed E-state index contributed by atoms with van der Waals surface area (Å²) >= 11 is 3.38. The fourth-order valence-electron chi connectivity index (χ4n) is 2.33. The molecule has 2 rings (SSSR count). The Morgan fingerprint density at radius 2 is 1.79 bits per heavy atom. The fraction of sp³-hybridized carbons (Fsp3) is 0.350. The van der Waals surface area contributed by atoms with Crippen LogP contribution in [0.1, 0.15) is 30.6 Å². The first-order valence-corrected chi connectivity index (χ1v) is 11.1. The average Bonchev–Trinajstić information content (AvgIpc) is 2.63. The predicted molar refractivity (Wildman–Crippen MR) is 114 cm³/mol. The number of halogens is 1.